The van der Waals surface area contributed by atoms with E-state index in [9.17, 15) is 10.4 Å². The van der Waals surface area contributed by atoms with Crippen molar-refractivity contribution in [2.24, 2.45) is 0 Å². The highest BCUT2D eigenvalue weighted by Crippen LogP contribution is 2.24. The van der Waals surface area contributed by atoms with E-state index in [0.717, 1.165) is 36.6 Å². The number of nitrogens with zero attached hydrogens (tertiary/aromatic N) is 3. The summed E-state index contributed by atoms with van der Waals surface area (Å²) in [7, 11) is 0. The summed E-state index contributed by atoms with van der Waals surface area (Å²) in [5.41, 5.74) is 3.16. The van der Waals surface area contributed by atoms with Crippen LogP contribution in [-0.2, 0) is 0 Å². The van der Waals surface area contributed by atoms with Crippen LogP contribution in [0.15, 0.2) is 6.07 Å². The molecule has 5 nitrogen and oxygen atoms in total. The van der Waals surface area contributed by atoms with Crippen molar-refractivity contribution in [1.29, 1.82) is 5.26 Å². The first-order valence-electron chi connectivity index (χ1n) is 7.13. The molecule has 1 unspecified atom stereocenters. The van der Waals surface area contributed by atoms with Crippen molar-refractivity contribution < 1.29 is 5.11 Å². The van der Waals surface area contributed by atoms with Crippen LogP contribution in [0.5, 0.6) is 0 Å². The lowest BCUT2D eigenvalue weighted by Crippen LogP contribution is -2.39. The van der Waals surface area contributed by atoms with E-state index in [-0.39, 0.29) is 6.61 Å². The van der Waals surface area contributed by atoms with E-state index in [1.165, 1.54) is 6.42 Å². The molecular weight excluding hydrogens is 252 g/mol. The molecule has 1 fully saturated rings. The lowest BCUT2D eigenvalue weighted by molar-refractivity contribution is 0.300. The molecule has 0 spiro atoms. The molecule has 5 heteroatoms. The molecule has 1 aromatic heterocycles. The number of hydrogen-bond donors (Lipinski definition) is 2. The summed E-state index contributed by atoms with van der Waals surface area (Å²) in [6, 6.07) is 4.62. The molecule has 0 aromatic carbocycles. The predicted octanol–water partition coefficient (Wildman–Crippen LogP) is 1.12. The Bertz CT molecular complexity index is 503. The Morgan fingerprint density at radius 1 is 1.55 bits per heavy atom. The van der Waals surface area contributed by atoms with Crippen LogP contribution in [0.25, 0.3) is 0 Å². The first-order chi connectivity index (χ1) is 9.65. The molecule has 2 heterocycles. The Labute approximate surface area is 120 Å². The van der Waals surface area contributed by atoms with Gasteiger partial charge in [-0.05, 0) is 39.3 Å². The van der Waals surface area contributed by atoms with Crippen LogP contribution in [0.3, 0.4) is 0 Å². The standard InChI is InChI=1S/C15H22N4O/c1-11-8-15(14(9-16)12(2)18-11)19(6-7-20)10-13-4-3-5-17-13/h8,13,17,20H,3-7,10H2,1-2H3. The van der Waals surface area contributed by atoms with E-state index in [0.29, 0.717) is 18.2 Å². The summed E-state index contributed by atoms with van der Waals surface area (Å²) in [6.07, 6.45) is 2.34. The second-order valence-corrected chi connectivity index (χ2v) is 5.32. The Morgan fingerprint density at radius 3 is 2.95 bits per heavy atom. The molecule has 2 N–H and O–H groups in total. The molecule has 0 amide bonds. The first-order valence-corrected chi connectivity index (χ1v) is 7.13. The SMILES string of the molecule is Cc1cc(N(CCO)CC2CCCN2)c(C#N)c(C)n1. The minimum absolute atomic E-state index is 0.0814. The van der Waals surface area contributed by atoms with Gasteiger partial charge in [-0.1, -0.05) is 0 Å². The largest absolute Gasteiger partial charge is 0.395 e. The average molecular weight is 274 g/mol. The van der Waals surface area contributed by atoms with E-state index < -0.39 is 0 Å². The van der Waals surface area contributed by atoms with Crippen LogP contribution < -0.4 is 10.2 Å². The minimum atomic E-state index is 0.0814. The fourth-order valence-corrected chi connectivity index (χ4v) is 2.81. The lowest BCUT2D eigenvalue weighted by atomic mass is 10.1. The van der Waals surface area contributed by atoms with Gasteiger partial charge >= 0.3 is 0 Å². The fraction of sp³-hybridized carbons (Fsp3) is 0.600. The number of aromatic nitrogens is 1. The van der Waals surface area contributed by atoms with Crippen molar-refractivity contribution in [1.82, 2.24) is 10.3 Å². The van der Waals surface area contributed by atoms with Gasteiger partial charge in [0.1, 0.15) is 6.07 Å². The maximum atomic E-state index is 9.37. The third-order valence-corrected chi connectivity index (χ3v) is 3.73. The van der Waals surface area contributed by atoms with Gasteiger partial charge in [0, 0.05) is 24.8 Å². The number of nitriles is 1. The Hall–Kier alpha value is -1.64. The molecule has 0 aliphatic carbocycles. The summed E-state index contributed by atoms with van der Waals surface area (Å²) in [5.74, 6) is 0. The third kappa shape index (κ3) is 3.27. The Morgan fingerprint density at radius 2 is 2.35 bits per heavy atom. The summed E-state index contributed by atoms with van der Waals surface area (Å²) in [5, 5.41) is 22.1. The van der Waals surface area contributed by atoms with Crippen LogP contribution in [-0.4, -0.2) is 42.4 Å². The summed E-state index contributed by atoms with van der Waals surface area (Å²) < 4.78 is 0. The maximum absolute atomic E-state index is 9.37. The van der Waals surface area contributed by atoms with E-state index in [2.05, 4.69) is 21.3 Å². The molecule has 108 valence electrons. The van der Waals surface area contributed by atoms with Gasteiger partial charge in [-0.25, -0.2) is 0 Å². The van der Waals surface area contributed by atoms with Gasteiger partial charge < -0.3 is 15.3 Å². The molecule has 1 atom stereocenters. The van der Waals surface area contributed by atoms with Crippen molar-refractivity contribution in [2.45, 2.75) is 32.7 Å². The fourth-order valence-electron chi connectivity index (χ4n) is 2.81. The van der Waals surface area contributed by atoms with Crippen LogP contribution in [0, 0.1) is 25.2 Å². The highest BCUT2D eigenvalue weighted by atomic mass is 16.3. The molecule has 0 saturated carbocycles. The molecule has 1 saturated heterocycles. The van der Waals surface area contributed by atoms with Crippen LogP contribution in [0.2, 0.25) is 0 Å². The molecule has 1 aliphatic heterocycles. The first kappa shape index (κ1) is 14.8. The van der Waals surface area contributed by atoms with Crippen molar-refractivity contribution in [3.05, 3.63) is 23.0 Å². The molecule has 0 radical (unpaired) electrons. The van der Waals surface area contributed by atoms with Gasteiger partial charge in [-0.3, -0.25) is 4.98 Å². The molecule has 0 bridgehead atoms. The zero-order valence-electron chi connectivity index (χ0n) is 12.2. The zero-order chi connectivity index (χ0) is 14.5. The van der Waals surface area contributed by atoms with Gasteiger partial charge in [-0.15, -0.1) is 0 Å². The Kier molecular flexibility index (Phi) is 4.94. The summed E-state index contributed by atoms with van der Waals surface area (Å²) in [4.78, 5) is 6.45. The highest BCUT2D eigenvalue weighted by Gasteiger charge is 2.21. The lowest BCUT2D eigenvalue weighted by Gasteiger charge is -2.28. The second-order valence-electron chi connectivity index (χ2n) is 5.32. The molecule has 20 heavy (non-hydrogen) atoms. The average Bonchev–Trinajstić information content (AvgIpc) is 2.90. The number of aryl methyl sites for hydroxylation is 2. The number of hydrogen-bond acceptors (Lipinski definition) is 5. The predicted molar refractivity (Wildman–Crippen MR) is 78.7 cm³/mol. The molecule has 2 rings (SSSR count). The molecule has 1 aliphatic rings. The molecular formula is C15H22N4O. The smallest absolute Gasteiger partial charge is 0.103 e. The van der Waals surface area contributed by atoms with Crippen LogP contribution in [0.1, 0.15) is 29.8 Å². The number of aliphatic hydroxyl groups excluding tert-OH is 1. The van der Waals surface area contributed by atoms with E-state index in [1.54, 1.807) is 0 Å². The van der Waals surface area contributed by atoms with Crippen molar-refractivity contribution in [3.8, 4) is 6.07 Å². The monoisotopic (exact) mass is 274 g/mol. The topological polar surface area (TPSA) is 72.2 Å². The van der Waals surface area contributed by atoms with Gasteiger partial charge in [0.15, 0.2) is 0 Å². The normalized spacial score (nSPS) is 18.0. The van der Waals surface area contributed by atoms with Crippen molar-refractivity contribution in [2.75, 3.05) is 31.1 Å². The number of anilines is 1. The number of rotatable bonds is 5. The number of aliphatic hydroxyl groups is 1. The number of nitrogens with one attached hydrogen (secondary N) is 1. The minimum Gasteiger partial charge on any atom is -0.395 e. The van der Waals surface area contributed by atoms with Crippen LogP contribution >= 0.6 is 0 Å². The van der Waals surface area contributed by atoms with Gasteiger partial charge in [-0.2, -0.15) is 5.26 Å². The van der Waals surface area contributed by atoms with E-state index >= 15 is 0 Å². The van der Waals surface area contributed by atoms with Crippen LogP contribution in [0.4, 0.5) is 5.69 Å². The summed E-state index contributed by atoms with van der Waals surface area (Å²) in [6.45, 7) is 6.28. The molecule has 1 aromatic rings. The number of pyridine rings is 1. The van der Waals surface area contributed by atoms with E-state index in [1.807, 2.05) is 19.9 Å². The Balaban J connectivity index is 2.30. The van der Waals surface area contributed by atoms with E-state index in [4.69, 9.17) is 0 Å². The van der Waals surface area contributed by atoms with Gasteiger partial charge in [0.05, 0.1) is 23.6 Å². The summed E-state index contributed by atoms with van der Waals surface area (Å²) >= 11 is 0. The van der Waals surface area contributed by atoms with Crippen molar-refractivity contribution >= 4 is 5.69 Å². The second kappa shape index (κ2) is 6.69. The van der Waals surface area contributed by atoms with Gasteiger partial charge in [0.25, 0.3) is 0 Å². The maximum Gasteiger partial charge on any atom is 0.103 e. The highest BCUT2D eigenvalue weighted by molar-refractivity contribution is 5.61. The third-order valence-electron chi connectivity index (χ3n) is 3.73. The quantitative estimate of drug-likeness (QED) is 0.842. The zero-order valence-corrected chi connectivity index (χ0v) is 12.2. The van der Waals surface area contributed by atoms with Crippen molar-refractivity contribution in [3.63, 3.8) is 0 Å². The van der Waals surface area contributed by atoms with Gasteiger partial charge in [0.2, 0.25) is 0 Å².